The molecule has 0 heterocycles. The van der Waals surface area contributed by atoms with Crippen molar-refractivity contribution in [3.63, 3.8) is 0 Å². The van der Waals surface area contributed by atoms with Crippen LogP contribution in [0.1, 0.15) is 91.9 Å². The van der Waals surface area contributed by atoms with E-state index in [1.807, 2.05) is 12.2 Å². The van der Waals surface area contributed by atoms with Gasteiger partial charge in [-0.25, -0.2) is 0 Å². The molecule has 190 valence electrons. The molecule has 0 aliphatic rings. The number of rotatable bonds is 21. The quantitative estimate of drug-likeness (QED) is 0.0537. The van der Waals surface area contributed by atoms with Gasteiger partial charge in [-0.15, -0.1) is 13.2 Å². The lowest BCUT2D eigenvalue weighted by molar-refractivity contribution is -0.148. The molecule has 0 aromatic rings. The van der Waals surface area contributed by atoms with E-state index >= 15 is 0 Å². The molecular weight excluding hydrogens is 432 g/mol. The predicted octanol–water partition coefficient (Wildman–Crippen LogP) is 8.28. The van der Waals surface area contributed by atoms with Crippen LogP contribution in [-0.2, 0) is 18.6 Å². The van der Waals surface area contributed by atoms with Crippen molar-refractivity contribution in [3.05, 3.63) is 25.3 Å². The number of unbranched alkanes of at least 4 members (excludes halogenated alkanes) is 4. The normalized spacial score (nSPS) is 16.4. The molecule has 0 unspecified atom stereocenters. The first kappa shape index (κ1) is 31.8. The molecule has 0 amide bonds. The molecule has 0 aromatic heterocycles. The van der Waals surface area contributed by atoms with E-state index in [9.17, 15) is 0 Å². The van der Waals surface area contributed by atoms with Gasteiger partial charge in [0, 0.05) is 0 Å². The standard InChI is InChI=1S/C26H54O4Si2/c1-11-15-17-21-25(27-23(5)19-13-3)31(7,8)29-30-32(9,10)26(22-18-16-12-2)28-24(6)20-14-4/h13-14,23-26H,3-4,11-12,15-22H2,1-2,5-10H3/t23-,24-,25-,26-/m0/s1. The Kier molecular flexibility index (Phi) is 17.1. The molecule has 0 aliphatic heterocycles. The third kappa shape index (κ3) is 13.5. The Morgan fingerprint density at radius 3 is 1.28 bits per heavy atom. The smallest absolute Gasteiger partial charge is 0.259 e. The highest BCUT2D eigenvalue weighted by Gasteiger charge is 2.43. The van der Waals surface area contributed by atoms with Crippen LogP contribution in [0.15, 0.2) is 25.3 Å². The topological polar surface area (TPSA) is 36.9 Å². The highest BCUT2D eigenvalue weighted by molar-refractivity contribution is 6.75. The van der Waals surface area contributed by atoms with Crippen LogP contribution in [0.3, 0.4) is 0 Å². The first-order valence-electron chi connectivity index (χ1n) is 12.9. The molecule has 0 fully saturated rings. The molecule has 0 aliphatic carbocycles. The van der Waals surface area contributed by atoms with Crippen LogP contribution in [-0.4, -0.2) is 40.3 Å². The molecule has 4 atom stereocenters. The molecular formula is C26H54O4Si2. The minimum Gasteiger partial charge on any atom is -0.375 e. The summed E-state index contributed by atoms with van der Waals surface area (Å²) in [6.45, 7) is 25.3. The van der Waals surface area contributed by atoms with Gasteiger partial charge in [0.1, 0.15) is 0 Å². The van der Waals surface area contributed by atoms with Crippen molar-refractivity contribution in [1.29, 1.82) is 0 Å². The maximum absolute atomic E-state index is 6.46. The summed E-state index contributed by atoms with van der Waals surface area (Å²) in [5, 5.41) is 0. The van der Waals surface area contributed by atoms with Gasteiger partial charge >= 0.3 is 0 Å². The number of ether oxygens (including phenoxy) is 2. The third-order valence-corrected chi connectivity index (χ3v) is 11.1. The molecule has 0 saturated carbocycles. The molecule has 6 heteroatoms. The maximum Gasteiger partial charge on any atom is 0.259 e. The van der Waals surface area contributed by atoms with Crippen molar-refractivity contribution in [2.45, 2.75) is 142 Å². The Labute approximate surface area is 202 Å². The van der Waals surface area contributed by atoms with Gasteiger partial charge in [-0.05, 0) is 65.7 Å². The Morgan fingerprint density at radius 2 is 1.00 bits per heavy atom. The van der Waals surface area contributed by atoms with Gasteiger partial charge in [-0.2, -0.15) is 0 Å². The fraction of sp³-hybridized carbons (Fsp3) is 0.846. The largest absolute Gasteiger partial charge is 0.375 e. The minimum absolute atomic E-state index is 0.105. The van der Waals surface area contributed by atoms with E-state index in [-0.39, 0.29) is 23.7 Å². The van der Waals surface area contributed by atoms with Crippen LogP contribution in [0.2, 0.25) is 26.2 Å². The summed E-state index contributed by atoms with van der Waals surface area (Å²) in [6, 6.07) is 0. The van der Waals surface area contributed by atoms with Crippen LogP contribution in [0.5, 0.6) is 0 Å². The maximum atomic E-state index is 6.46. The molecule has 0 aromatic carbocycles. The summed E-state index contributed by atoms with van der Waals surface area (Å²) < 4.78 is 25.6. The molecule has 0 bridgehead atoms. The second kappa shape index (κ2) is 17.2. The van der Waals surface area contributed by atoms with Crippen LogP contribution >= 0.6 is 0 Å². The van der Waals surface area contributed by atoms with Crippen molar-refractivity contribution in [2.24, 2.45) is 0 Å². The van der Waals surface area contributed by atoms with Crippen molar-refractivity contribution in [3.8, 4) is 0 Å². The number of hydrogen-bond donors (Lipinski definition) is 0. The fourth-order valence-corrected chi connectivity index (χ4v) is 8.63. The van der Waals surface area contributed by atoms with Crippen molar-refractivity contribution < 1.29 is 18.6 Å². The van der Waals surface area contributed by atoms with Crippen LogP contribution < -0.4 is 0 Å². The summed E-state index contributed by atoms with van der Waals surface area (Å²) in [6.07, 6.45) is 15.0. The van der Waals surface area contributed by atoms with E-state index in [4.69, 9.17) is 18.6 Å². The minimum atomic E-state index is -2.24. The average molecular weight is 487 g/mol. The summed E-state index contributed by atoms with van der Waals surface area (Å²) in [4.78, 5) is 0. The Morgan fingerprint density at radius 1 is 0.656 bits per heavy atom. The fourth-order valence-electron chi connectivity index (χ4n) is 3.78. The van der Waals surface area contributed by atoms with Crippen LogP contribution in [0.25, 0.3) is 0 Å². The van der Waals surface area contributed by atoms with Crippen LogP contribution in [0, 0.1) is 0 Å². The van der Waals surface area contributed by atoms with Gasteiger partial charge in [-0.1, -0.05) is 64.5 Å². The van der Waals surface area contributed by atoms with E-state index in [1.165, 1.54) is 25.7 Å². The van der Waals surface area contributed by atoms with E-state index in [0.717, 1.165) is 38.5 Å². The van der Waals surface area contributed by atoms with E-state index in [0.29, 0.717) is 0 Å². The van der Waals surface area contributed by atoms with Crippen molar-refractivity contribution >= 4 is 16.6 Å². The lowest BCUT2D eigenvalue weighted by atomic mass is 10.2. The van der Waals surface area contributed by atoms with Crippen LogP contribution in [0.4, 0.5) is 0 Å². The average Bonchev–Trinajstić information content (AvgIpc) is 2.71. The van der Waals surface area contributed by atoms with Crippen molar-refractivity contribution in [2.75, 3.05) is 0 Å². The van der Waals surface area contributed by atoms with E-state index < -0.39 is 16.6 Å². The molecule has 0 N–H and O–H groups in total. The highest BCUT2D eigenvalue weighted by atomic mass is 28.4. The lowest BCUT2D eigenvalue weighted by Gasteiger charge is -2.38. The lowest BCUT2D eigenvalue weighted by Crippen LogP contribution is -2.54. The Bertz CT molecular complexity index is 452. The molecule has 0 rings (SSSR count). The third-order valence-electron chi connectivity index (χ3n) is 5.95. The van der Waals surface area contributed by atoms with E-state index in [2.05, 4.69) is 67.0 Å². The summed E-state index contributed by atoms with van der Waals surface area (Å²) >= 11 is 0. The highest BCUT2D eigenvalue weighted by Crippen LogP contribution is 2.27. The zero-order valence-corrected chi connectivity index (χ0v) is 24.6. The SMILES string of the molecule is C=CC[C@H](C)O[C@H](CCCCC)[Si](C)(C)OO[Si](C)(C)[C@@H](CCCCC)O[C@@H](C)CC=C. The second-order valence-electron chi connectivity index (χ2n) is 10.3. The Balaban J connectivity index is 5.28. The van der Waals surface area contributed by atoms with Gasteiger partial charge in [0.15, 0.2) is 0 Å². The summed E-state index contributed by atoms with van der Waals surface area (Å²) in [5.74, 6) is 0. The van der Waals surface area contributed by atoms with Gasteiger partial charge in [0.05, 0.1) is 23.7 Å². The molecule has 0 spiro atoms. The van der Waals surface area contributed by atoms with Gasteiger partial charge < -0.3 is 9.47 Å². The summed E-state index contributed by atoms with van der Waals surface area (Å²) in [7, 11) is -4.48. The first-order valence-corrected chi connectivity index (χ1v) is 18.9. The van der Waals surface area contributed by atoms with E-state index in [1.54, 1.807) is 0 Å². The zero-order chi connectivity index (χ0) is 24.6. The zero-order valence-electron chi connectivity index (χ0n) is 22.6. The van der Waals surface area contributed by atoms with Gasteiger partial charge in [0.2, 0.25) is 0 Å². The molecule has 0 saturated heterocycles. The first-order chi connectivity index (χ1) is 15.0. The molecule has 0 radical (unpaired) electrons. The number of hydrogen-bond acceptors (Lipinski definition) is 4. The second-order valence-corrected chi connectivity index (χ2v) is 18.3. The Hall–Kier alpha value is -0.246. The van der Waals surface area contributed by atoms with Gasteiger partial charge in [0.25, 0.3) is 16.6 Å². The molecule has 32 heavy (non-hydrogen) atoms. The predicted molar refractivity (Wildman–Crippen MR) is 144 cm³/mol. The molecule has 4 nitrogen and oxygen atoms in total. The summed E-state index contributed by atoms with van der Waals surface area (Å²) in [5.41, 5.74) is 0.209. The van der Waals surface area contributed by atoms with Crippen molar-refractivity contribution in [1.82, 2.24) is 0 Å². The van der Waals surface area contributed by atoms with Gasteiger partial charge in [-0.3, -0.25) is 9.15 Å². The monoisotopic (exact) mass is 486 g/mol.